The van der Waals surface area contributed by atoms with Crippen molar-refractivity contribution in [3.8, 4) is 0 Å². The fourth-order valence-corrected chi connectivity index (χ4v) is 5.31. The van der Waals surface area contributed by atoms with Gasteiger partial charge >= 0.3 is 0 Å². The van der Waals surface area contributed by atoms with Crippen LogP contribution in [0.25, 0.3) is 10.2 Å². The number of hydrogen-bond donors (Lipinski definition) is 2. The number of nitrogens with zero attached hydrogens (tertiary/aromatic N) is 5. The highest BCUT2D eigenvalue weighted by Crippen LogP contribution is 2.39. The fraction of sp³-hybridized carbons (Fsp3) is 0.579. The zero-order valence-electron chi connectivity index (χ0n) is 16.1. The number of hydrogen-bond acceptors (Lipinski definition) is 8. The molecule has 2 N–H and O–H groups in total. The van der Waals surface area contributed by atoms with Gasteiger partial charge in [-0.15, -0.1) is 11.3 Å². The van der Waals surface area contributed by atoms with Gasteiger partial charge in [-0.05, 0) is 38.2 Å². The Hall–Kier alpha value is -2.10. The minimum absolute atomic E-state index is 0.00372. The number of H-pyrrole nitrogens is 1. The number of aryl methyl sites for hydroxylation is 2. The minimum atomic E-state index is -0.00372. The van der Waals surface area contributed by atoms with Crippen molar-refractivity contribution in [2.75, 3.05) is 31.6 Å². The topological polar surface area (TPSA) is 91.8 Å². The molecule has 0 bridgehead atoms. The lowest BCUT2D eigenvalue weighted by molar-refractivity contribution is 0.0331. The van der Waals surface area contributed by atoms with Crippen LogP contribution in [0, 0.1) is 0 Å². The van der Waals surface area contributed by atoms with E-state index in [2.05, 4.69) is 32.3 Å². The van der Waals surface area contributed by atoms with E-state index in [4.69, 9.17) is 14.7 Å². The molecule has 0 saturated carbocycles. The van der Waals surface area contributed by atoms with Crippen LogP contribution >= 0.6 is 11.3 Å². The maximum atomic E-state index is 5.47. The minimum Gasteiger partial charge on any atom is -0.379 e. The van der Waals surface area contributed by atoms with E-state index >= 15 is 0 Å². The Labute approximate surface area is 167 Å². The van der Waals surface area contributed by atoms with E-state index < -0.39 is 0 Å². The molecular weight excluding hydrogens is 374 g/mol. The molecule has 5 rings (SSSR count). The second-order valence-electron chi connectivity index (χ2n) is 7.50. The molecule has 0 aromatic carbocycles. The molecule has 4 heterocycles. The predicted molar refractivity (Wildman–Crippen MR) is 109 cm³/mol. The Kier molecular flexibility index (Phi) is 4.96. The summed E-state index contributed by atoms with van der Waals surface area (Å²) in [5.41, 5.74) is 1.44. The van der Waals surface area contributed by atoms with Crippen LogP contribution in [0.3, 0.4) is 0 Å². The lowest BCUT2D eigenvalue weighted by Gasteiger charge is -2.26. The fourth-order valence-electron chi connectivity index (χ4n) is 4.03. The summed E-state index contributed by atoms with van der Waals surface area (Å²) < 4.78 is 5.47. The number of morpholine rings is 1. The highest BCUT2D eigenvalue weighted by atomic mass is 32.1. The van der Waals surface area contributed by atoms with Crippen LogP contribution in [0.15, 0.2) is 6.33 Å². The summed E-state index contributed by atoms with van der Waals surface area (Å²) in [4.78, 5) is 19.2. The smallest absolute Gasteiger partial charge is 0.146 e. The van der Waals surface area contributed by atoms with E-state index in [1.807, 2.05) is 11.3 Å². The number of aromatic amines is 1. The zero-order valence-corrected chi connectivity index (χ0v) is 16.9. The molecule has 1 aliphatic heterocycles. The molecular formula is C19H25N7OS. The van der Waals surface area contributed by atoms with Gasteiger partial charge < -0.3 is 10.1 Å². The first-order valence-electron chi connectivity index (χ1n) is 10.0. The largest absolute Gasteiger partial charge is 0.379 e. The number of aromatic nitrogens is 5. The summed E-state index contributed by atoms with van der Waals surface area (Å²) >= 11 is 1.84. The molecule has 0 amide bonds. The van der Waals surface area contributed by atoms with Crippen molar-refractivity contribution in [2.24, 2.45) is 0 Å². The monoisotopic (exact) mass is 399 g/mol. The summed E-state index contributed by atoms with van der Waals surface area (Å²) in [6.45, 7) is 6.26. The predicted octanol–water partition coefficient (Wildman–Crippen LogP) is 2.69. The molecule has 1 unspecified atom stereocenters. The lowest BCUT2D eigenvalue weighted by Crippen LogP contribution is -2.36. The normalized spacial score (nSPS) is 18.9. The number of ether oxygens (including phenoxy) is 1. The van der Waals surface area contributed by atoms with Gasteiger partial charge in [0.15, 0.2) is 0 Å². The first-order chi connectivity index (χ1) is 13.8. The van der Waals surface area contributed by atoms with Crippen LogP contribution in [-0.4, -0.2) is 56.4 Å². The van der Waals surface area contributed by atoms with E-state index in [0.717, 1.165) is 68.0 Å². The third-order valence-corrected chi connectivity index (χ3v) is 6.71. The first-order valence-corrected chi connectivity index (χ1v) is 10.8. The second-order valence-corrected chi connectivity index (χ2v) is 8.59. The Morgan fingerprint density at radius 2 is 2.11 bits per heavy atom. The van der Waals surface area contributed by atoms with Crippen molar-refractivity contribution in [1.82, 2.24) is 30.0 Å². The van der Waals surface area contributed by atoms with Gasteiger partial charge in [-0.2, -0.15) is 5.10 Å². The number of rotatable bonds is 5. The molecule has 9 heteroatoms. The van der Waals surface area contributed by atoms with Gasteiger partial charge in [-0.25, -0.2) is 15.0 Å². The quantitative estimate of drug-likeness (QED) is 0.681. The first kappa shape index (κ1) is 18.0. The maximum absolute atomic E-state index is 5.47. The molecule has 0 radical (unpaired) electrons. The van der Waals surface area contributed by atoms with Crippen LogP contribution < -0.4 is 5.32 Å². The Balaban J connectivity index is 1.52. The van der Waals surface area contributed by atoms with E-state index in [0.29, 0.717) is 0 Å². The molecule has 1 saturated heterocycles. The van der Waals surface area contributed by atoms with Gasteiger partial charge in [0.1, 0.15) is 28.6 Å². The highest BCUT2D eigenvalue weighted by Gasteiger charge is 2.23. The average Bonchev–Trinajstić information content (AvgIpc) is 3.36. The number of fused-ring (bicyclic) bond motifs is 3. The molecule has 148 valence electrons. The molecule has 3 aromatic heterocycles. The van der Waals surface area contributed by atoms with Gasteiger partial charge in [-0.1, -0.05) is 0 Å². The van der Waals surface area contributed by atoms with E-state index in [-0.39, 0.29) is 6.04 Å². The standard InChI is InChI=1S/C19H25N7OS/c1-12(17-20-11-21-25-17)22-18-16-13-4-2-3-5-14(13)28-19(16)24-15(23-18)10-26-6-8-27-9-7-26/h11-12H,2-10H2,1H3,(H,20,21,25)(H,22,23,24). The SMILES string of the molecule is CC(Nc1nc(CN2CCOCC2)nc2sc3c(c12)CCCC3)c1ncn[nH]1. The summed E-state index contributed by atoms with van der Waals surface area (Å²) in [6, 6.07) is -0.00372. The van der Waals surface area contributed by atoms with E-state index in [9.17, 15) is 0 Å². The molecule has 0 spiro atoms. The summed E-state index contributed by atoms with van der Waals surface area (Å²) in [5, 5.41) is 11.7. The van der Waals surface area contributed by atoms with Crippen molar-refractivity contribution in [3.63, 3.8) is 0 Å². The Morgan fingerprint density at radius 3 is 2.93 bits per heavy atom. The zero-order chi connectivity index (χ0) is 18.9. The van der Waals surface area contributed by atoms with Gasteiger partial charge in [0.25, 0.3) is 0 Å². The molecule has 8 nitrogen and oxygen atoms in total. The van der Waals surface area contributed by atoms with Crippen molar-refractivity contribution in [2.45, 2.75) is 45.2 Å². The van der Waals surface area contributed by atoms with Crippen LogP contribution in [-0.2, 0) is 24.1 Å². The Bertz CT molecular complexity index is 949. The van der Waals surface area contributed by atoms with Gasteiger partial charge in [0.2, 0.25) is 0 Å². The number of anilines is 1. The summed E-state index contributed by atoms with van der Waals surface area (Å²) in [7, 11) is 0. The van der Waals surface area contributed by atoms with Crippen molar-refractivity contribution >= 4 is 27.4 Å². The third kappa shape index (κ3) is 3.49. The van der Waals surface area contributed by atoms with Crippen molar-refractivity contribution < 1.29 is 4.74 Å². The van der Waals surface area contributed by atoms with E-state index in [1.165, 1.54) is 28.7 Å². The van der Waals surface area contributed by atoms with Gasteiger partial charge in [0, 0.05) is 18.0 Å². The van der Waals surface area contributed by atoms with Gasteiger partial charge in [-0.3, -0.25) is 10.00 Å². The summed E-state index contributed by atoms with van der Waals surface area (Å²) in [5.74, 6) is 2.61. The highest BCUT2D eigenvalue weighted by molar-refractivity contribution is 7.19. The van der Waals surface area contributed by atoms with Crippen LogP contribution in [0.4, 0.5) is 5.82 Å². The molecule has 3 aromatic rings. The van der Waals surface area contributed by atoms with Crippen LogP contribution in [0.5, 0.6) is 0 Å². The summed E-state index contributed by atoms with van der Waals surface area (Å²) in [6.07, 6.45) is 6.33. The number of nitrogens with one attached hydrogen (secondary N) is 2. The molecule has 1 aliphatic carbocycles. The Morgan fingerprint density at radius 1 is 1.25 bits per heavy atom. The third-order valence-electron chi connectivity index (χ3n) is 5.53. The van der Waals surface area contributed by atoms with E-state index in [1.54, 1.807) is 6.33 Å². The maximum Gasteiger partial charge on any atom is 0.146 e. The molecule has 1 fully saturated rings. The van der Waals surface area contributed by atoms with Crippen molar-refractivity contribution in [3.05, 3.63) is 28.4 Å². The lowest BCUT2D eigenvalue weighted by atomic mass is 9.97. The molecule has 28 heavy (non-hydrogen) atoms. The number of thiophene rings is 1. The van der Waals surface area contributed by atoms with Crippen LogP contribution in [0.1, 0.15) is 47.9 Å². The second kappa shape index (κ2) is 7.73. The van der Waals surface area contributed by atoms with Gasteiger partial charge in [0.05, 0.1) is 31.2 Å². The molecule has 1 atom stereocenters. The van der Waals surface area contributed by atoms with Crippen molar-refractivity contribution in [1.29, 1.82) is 0 Å². The average molecular weight is 400 g/mol. The van der Waals surface area contributed by atoms with Crippen LogP contribution in [0.2, 0.25) is 0 Å². The molecule has 2 aliphatic rings.